The minimum atomic E-state index is -0.992. The van der Waals surface area contributed by atoms with Gasteiger partial charge in [-0.15, -0.1) is 0 Å². The number of nitrogens with zero attached hydrogens (tertiary/aromatic N) is 5. The Kier molecular flexibility index (Phi) is 6.11. The molecule has 188 valence electrons. The lowest BCUT2D eigenvalue weighted by Crippen LogP contribution is -2.21. The molecule has 37 heavy (non-hydrogen) atoms. The maximum Gasteiger partial charge on any atom is 0.321 e. The predicted molar refractivity (Wildman–Crippen MR) is 122 cm³/mol. The fourth-order valence-electron chi connectivity index (χ4n) is 3.51. The SMILES string of the molecule is CN(C)/[N+]([O-])=N\Oc1cc(Oc2ccc(O)c3c2C(=O)c2ccccc2C3=O)c([N+](=O)[O-])cc1[N+](=O)[O-]. The van der Waals surface area contributed by atoms with E-state index in [1.54, 1.807) is 6.07 Å². The molecule has 0 fully saturated rings. The molecule has 3 aromatic carbocycles. The first-order valence-electron chi connectivity index (χ1n) is 10.2. The Morgan fingerprint density at radius 3 is 1.95 bits per heavy atom. The summed E-state index contributed by atoms with van der Waals surface area (Å²) in [4.78, 5) is 52.2. The number of fused-ring (bicyclic) bond motifs is 2. The van der Waals surface area contributed by atoms with E-state index in [9.17, 15) is 40.1 Å². The van der Waals surface area contributed by atoms with E-state index >= 15 is 0 Å². The fourth-order valence-corrected chi connectivity index (χ4v) is 3.51. The van der Waals surface area contributed by atoms with Crippen molar-refractivity contribution < 1.29 is 39.1 Å². The van der Waals surface area contributed by atoms with Crippen LogP contribution in [0.4, 0.5) is 11.4 Å². The van der Waals surface area contributed by atoms with E-state index in [0.29, 0.717) is 6.07 Å². The topological polar surface area (TPSA) is 201 Å². The molecular formula is C22H15N5O10. The third kappa shape index (κ3) is 4.31. The molecule has 4 rings (SSSR count). The first-order valence-corrected chi connectivity index (χ1v) is 10.2. The second kappa shape index (κ2) is 9.21. The molecule has 1 aliphatic carbocycles. The molecule has 0 saturated heterocycles. The highest BCUT2D eigenvalue weighted by Crippen LogP contribution is 2.44. The van der Waals surface area contributed by atoms with E-state index < -0.39 is 50.0 Å². The van der Waals surface area contributed by atoms with E-state index in [1.165, 1.54) is 32.3 Å². The summed E-state index contributed by atoms with van der Waals surface area (Å²) >= 11 is 0. The van der Waals surface area contributed by atoms with Gasteiger partial charge in [0.1, 0.15) is 17.6 Å². The van der Waals surface area contributed by atoms with Gasteiger partial charge in [-0.25, -0.2) is 0 Å². The van der Waals surface area contributed by atoms with Crippen molar-refractivity contribution in [2.24, 2.45) is 5.28 Å². The van der Waals surface area contributed by atoms with Crippen LogP contribution in [0, 0.1) is 25.4 Å². The van der Waals surface area contributed by atoms with E-state index in [2.05, 4.69) is 5.28 Å². The van der Waals surface area contributed by atoms with E-state index in [1.807, 2.05) is 0 Å². The number of rotatable bonds is 7. The number of hydrazine groups is 1. The third-order valence-electron chi connectivity index (χ3n) is 5.22. The van der Waals surface area contributed by atoms with Crippen LogP contribution in [0.5, 0.6) is 23.0 Å². The number of hydrogen-bond acceptors (Lipinski definition) is 11. The average Bonchev–Trinajstić information content (AvgIpc) is 2.86. The van der Waals surface area contributed by atoms with Crippen LogP contribution in [0.1, 0.15) is 31.8 Å². The number of hydrogen-bond donors (Lipinski definition) is 1. The number of ketones is 2. The van der Waals surface area contributed by atoms with Crippen molar-refractivity contribution in [2.75, 3.05) is 14.1 Å². The van der Waals surface area contributed by atoms with Crippen LogP contribution in [-0.4, -0.2) is 50.6 Å². The molecule has 0 saturated carbocycles. The molecular weight excluding hydrogens is 494 g/mol. The maximum atomic E-state index is 13.2. The number of aromatic hydroxyl groups is 1. The Bertz CT molecular complexity index is 1530. The Hall–Kier alpha value is -5.60. The van der Waals surface area contributed by atoms with Gasteiger partial charge in [-0.3, -0.25) is 34.7 Å². The summed E-state index contributed by atoms with van der Waals surface area (Å²) in [5, 5.41) is 49.2. The molecule has 15 heteroatoms. The van der Waals surface area contributed by atoms with Crippen molar-refractivity contribution in [2.45, 2.75) is 0 Å². The van der Waals surface area contributed by atoms with Gasteiger partial charge in [0.15, 0.2) is 11.6 Å². The Labute approximate surface area is 206 Å². The van der Waals surface area contributed by atoms with Crippen LogP contribution in [-0.2, 0) is 0 Å². The number of carbonyl (C=O) groups is 2. The summed E-state index contributed by atoms with van der Waals surface area (Å²) in [6, 6.07) is 9.31. The van der Waals surface area contributed by atoms with Crippen molar-refractivity contribution in [1.82, 2.24) is 5.01 Å². The third-order valence-corrected chi connectivity index (χ3v) is 5.22. The summed E-state index contributed by atoms with van der Waals surface area (Å²) in [5.74, 6) is -3.55. The number of ether oxygens (including phenoxy) is 1. The van der Waals surface area contributed by atoms with Crippen LogP contribution < -0.4 is 9.57 Å². The molecule has 1 N–H and O–H groups in total. The second-order valence-corrected chi connectivity index (χ2v) is 7.71. The maximum absolute atomic E-state index is 13.2. The highest BCUT2D eigenvalue weighted by atomic mass is 16.7. The van der Waals surface area contributed by atoms with Gasteiger partial charge in [0.05, 0.1) is 40.0 Å². The standard InChI is InChI=1S/C22H15N5O10/c1-24(2)27(35)23-37-18-10-17(13(25(31)32)9-14(18)26(33)34)36-16-8-7-15(28)19-20(16)22(30)12-6-4-3-5-11(12)21(19)29/h3-10,28H,1-2H3/b27-23+. The minimum Gasteiger partial charge on any atom is -0.569 e. The smallest absolute Gasteiger partial charge is 0.321 e. The van der Waals surface area contributed by atoms with Crippen molar-refractivity contribution in [3.05, 3.63) is 96.2 Å². The molecule has 0 atom stereocenters. The van der Waals surface area contributed by atoms with Crippen molar-refractivity contribution in [1.29, 1.82) is 0 Å². The molecule has 0 heterocycles. The van der Waals surface area contributed by atoms with Crippen molar-refractivity contribution in [3.8, 4) is 23.0 Å². The molecule has 0 bridgehead atoms. The Morgan fingerprint density at radius 1 is 0.811 bits per heavy atom. The summed E-state index contributed by atoms with van der Waals surface area (Å²) in [6.45, 7) is 0. The molecule has 0 radical (unpaired) electrons. The predicted octanol–water partition coefficient (Wildman–Crippen LogP) is 3.51. The van der Waals surface area contributed by atoms with Gasteiger partial charge < -0.3 is 15.1 Å². The normalized spacial score (nSPS) is 12.4. The largest absolute Gasteiger partial charge is 0.569 e. The number of nitro benzene ring substituents is 2. The van der Waals surface area contributed by atoms with Crippen molar-refractivity contribution >= 4 is 22.9 Å². The zero-order valence-electron chi connectivity index (χ0n) is 19.0. The van der Waals surface area contributed by atoms with Gasteiger partial charge in [-0.2, -0.15) is 5.01 Å². The second-order valence-electron chi connectivity index (χ2n) is 7.71. The van der Waals surface area contributed by atoms with E-state index in [0.717, 1.165) is 23.2 Å². The highest BCUT2D eigenvalue weighted by Gasteiger charge is 2.36. The Morgan fingerprint density at radius 2 is 1.38 bits per heavy atom. The first kappa shape index (κ1) is 24.5. The zero-order valence-corrected chi connectivity index (χ0v) is 19.0. The van der Waals surface area contributed by atoms with E-state index in [-0.39, 0.29) is 33.0 Å². The van der Waals surface area contributed by atoms with Gasteiger partial charge in [-0.05, 0) is 12.1 Å². The summed E-state index contributed by atoms with van der Waals surface area (Å²) < 4.78 is 5.62. The molecule has 1 aliphatic rings. The number of phenolic OH excluding ortho intramolecular Hbond substituents is 1. The quantitative estimate of drug-likeness (QED) is 0.165. The van der Waals surface area contributed by atoms with Gasteiger partial charge in [0.25, 0.3) is 0 Å². The summed E-state index contributed by atoms with van der Waals surface area (Å²) in [6.07, 6.45) is 0. The van der Waals surface area contributed by atoms with Crippen LogP contribution in [0.2, 0.25) is 0 Å². The number of phenols is 1. The first-order chi connectivity index (χ1) is 17.5. The lowest BCUT2D eigenvalue weighted by atomic mass is 9.83. The van der Waals surface area contributed by atoms with Crippen LogP contribution in [0.15, 0.2) is 53.8 Å². The fraction of sp³-hybridized carbons (Fsp3) is 0.0909. The average molecular weight is 509 g/mol. The molecule has 0 spiro atoms. The van der Waals surface area contributed by atoms with Gasteiger partial charge >= 0.3 is 11.4 Å². The molecule has 3 aromatic rings. The van der Waals surface area contributed by atoms with Crippen LogP contribution >= 0.6 is 0 Å². The molecule has 0 aromatic heterocycles. The number of nitro groups is 2. The van der Waals surface area contributed by atoms with Crippen molar-refractivity contribution in [3.63, 3.8) is 0 Å². The number of carbonyl (C=O) groups excluding carboxylic acids is 2. The van der Waals surface area contributed by atoms with E-state index in [4.69, 9.17) is 9.57 Å². The van der Waals surface area contributed by atoms with Gasteiger partial charge in [0.2, 0.25) is 16.8 Å². The monoisotopic (exact) mass is 509 g/mol. The number of benzene rings is 3. The highest BCUT2D eigenvalue weighted by molar-refractivity contribution is 6.30. The van der Waals surface area contributed by atoms with Crippen LogP contribution in [0.3, 0.4) is 0 Å². The molecule has 0 amide bonds. The lowest BCUT2D eigenvalue weighted by molar-refractivity contribution is -0.695. The lowest BCUT2D eigenvalue weighted by Gasteiger charge is -2.21. The zero-order chi connectivity index (χ0) is 27.0. The minimum absolute atomic E-state index is 0.0238. The summed E-state index contributed by atoms with van der Waals surface area (Å²) in [7, 11) is 2.62. The summed E-state index contributed by atoms with van der Waals surface area (Å²) in [5.41, 5.74) is -2.44. The van der Waals surface area contributed by atoms with Gasteiger partial charge in [-0.1, -0.05) is 24.3 Å². The molecule has 15 nitrogen and oxygen atoms in total. The Balaban J connectivity index is 1.88. The molecule has 0 unspecified atom stereocenters. The molecule has 0 aliphatic heterocycles. The van der Waals surface area contributed by atoms with Gasteiger partial charge in [0, 0.05) is 17.2 Å². The van der Waals surface area contributed by atoms with Crippen LogP contribution in [0.25, 0.3) is 0 Å².